The van der Waals surface area contributed by atoms with Gasteiger partial charge in [-0.3, -0.25) is 9.69 Å². The van der Waals surface area contributed by atoms with Crippen LogP contribution in [0.25, 0.3) is 10.2 Å². The van der Waals surface area contributed by atoms with Crippen LogP contribution >= 0.6 is 22.7 Å². The molecule has 1 aliphatic rings. The molecule has 37 heavy (non-hydrogen) atoms. The molecular formula is C25H22F3N3O3S3. The van der Waals surface area contributed by atoms with E-state index in [2.05, 4.69) is 4.98 Å². The Kier molecular flexibility index (Phi) is 7.10. The minimum Gasteiger partial charge on any atom is -0.283 e. The number of piperidine rings is 1. The molecule has 0 bridgehead atoms. The Bertz CT molecular complexity index is 1500. The van der Waals surface area contributed by atoms with Gasteiger partial charge >= 0.3 is 6.18 Å². The summed E-state index contributed by atoms with van der Waals surface area (Å²) in [5, 5.41) is 1.89. The van der Waals surface area contributed by atoms with E-state index in [1.165, 1.54) is 15.3 Å². The predicted molar refractivity (Wildman–Crippen MR) is 138 cm³/mol. The van der Waals surface area contributed by atoms with Crippen LogP contribution < -0.4 is 4.90 Å². The lowest BCUT2D eigenvalue weighted by molar-refractivity contribution is -0.136. The number of anilines is 1. The lowest BCUT2D eigenvalue weighted by Gasteiger charge is -2.32. The van der Waals surface area contributed by atoms with E-state index < -0.39 is 27.7 Å². The minimum atomic E-state index is -4.57. The minimum absolute atomic E-state index is 0.147. The average molecular weight is 566 g/mol. The Morgan fingerprint density at radius 2 is 1.76 bits per heavy atom. The molecule has 12 heteroatoms. The summed E-state index contributed by atoms with van der Waals surface area (Å²) in [6.07, 6.45) is -3.94. The number of carbonyl (C=O) groups is 1. The lowest BCUT2D eigenvalue weighted by Crippen LogP contribution is -2.44. The van der Waals surface area contributed by atoms with Crippen LogP contribution in [0.4, 0.5) is 18.3 Å². The molecule has 1 aliphatic heterocycles. The number of halogens is 3. The first kappa shape index (κ1) is 25.8. The number of thiophene rings is 1. The molecule has 5 rings (SSSR count). The highest BCUT2D eigenvalue weighted by Gasteiger charge is 2.37. The standard InChI is InChI=1S/C25H22F3N3O3S3/c26-25(27,28)19-8-4-9-20-22(19)29-24(36-20)31(16-17-6-2-1-3-7-17)23(32)18-11-13-30(14-12-18)37(33,34)21-10-5-15-35-21/h1-10,15,18H,11-14,16H2. The summed E-state index contributed by atoms with van der Waals surface area (Å²) >= 11 is 2.19. The van der Waals surface area contributed by atoms with E-state index in [9.17, 15) is 26.4 Å². The molecule has 3 heterocycles. The number of hydrogen-bond donors (Lipinski definition) is 0. The fourth-order valence-electron chi connectivity index (χ4n) is 4.39. The maximum Gasteiger partial charge on any atom is 0.418 e. The third kappa shape index (κ3) is 5.28. The fourth-order valence-corrected chi connectivity index (χ4v) is 8.00. The molecule has 0 N–H and O–H groups in total. The number of hydrogen-bond acceptors (Lipinski definition) is 6. The van der Waals surface area contributed by atoms with Crippen LogP contribution in [0.3, 0.4) is 0 Å². The number of fused-ring (bicyclic) bond motifs is 1. The molecule has 0 atom stereocenters. The van der Waals surface area contributed by atoms with Gasteiger partial charge in [0.15, 0.2) is 5.13 Å². The van der Waals surface area contributed by atoms with Gasteiger partial charge in [0.25, 0.3) is 10.0 Å². The summed E-state index contributed by atoms with van der Waals surface area (Å²) in [5.41, 5.74) is -0.215. The number of alkyl halides is 3. The Morgan fingerprint density at radius 3 is 2.41 bits per heavy atom. The molecule has 1 fully saturated rings. The number of para-hydroxylation sites is 1. The molecular weight excluding hydrogens is 543 g/mol. The van der Waals surface area contributed by atoms with Crippen molar-refractivity contribution in [2.24, 2.45) is 5.92 Å². The number of thiazole rings is 1. The fraction of sp³-hybridized carbons (Fsp3) is 0.280. The molecule has 2 aromatic carbocycles. The van der Waals surface area contributed by atoms with Crippen LogP contribution in [0, 0.1) is 5.92 Å². The van der Waals surface area contributed by atoms with E-state index in [0.717, 1.165) is 34.3 Å². The Balaban J connectivity index is 1.43. The lowest BCUT2D eigenvalue weighted by atomic mass is 9.96. The van der Waals surface area contributed by atoms with Crippen LogP contribution in [0.1, 0.15) is 24.0 Å². The monoisotopic (exact) mass is 565 g/mol. The third-order valence-corrected chi connectivity index (χ3v) is 10.6. The van der Waals surface area contributed by atoms with Crippen molar-refractivity contribution in [3.63, 3.8) is 0 Å². The molecule has 4 aromatic rings. The van der Waals surface area contributed by atoms with E-state index in [0.29, 0.717) is 17.5 Å². The van der Waals surface area contributed by atoms with Crippen LogP contribution in [0.5, 0.6) is 0 Å². The molecule has 0 unspecified atom stereocenters. The molecule has 0 saturated carbocycles. The first-order valence-corrected chi connectivity index (χ1v) is 14.6. The zero-order valence-corrected chi connectivity index (χ0v) is 21.8. The van der Waals surface area contributed by atoms with Gasteiger partial charge in [-0.15, -0.1) is 11.3 Å². The highest BCUT2D eigenvalue weighted by Crippen LogP contribution is 2.39. The normalized spacial score (nSPS) is 15.8. The first-order valence-electron chi connectivity index (χ1n) is 11.5. The number of rotatable bonds is 6. The van der Waals surface area contributed by atoms with Crippen molar-refractivity contribution in [1.29, 1.82) is 0 Å². The van der Waals surface area contributed by atoms with Crippen LogP contribution in [-0.2, 0) is 27.5 Å². The summed E-state index contributed by atoms with van der Waals surface area (Å²) in [7, 11) is -3.61. The number of sulfonamides is 1. The van der Waals surface area contributed by atoms with Gasteiger partial charge in [-0.1, -0.05) is 53.8 Å². The van der Waals surface area contributed by atoms with Crippen molar-refractivity contribution in [3.05, 3.63) is 77.2 Å². The zero-order valence-electron chi connectivity index (χ0n) is 19.4. The Labute approximate surface area is 220 Å². The summed E-state index contributed by atoms with van der Waals surface area (Å²) in [4.78, 5) is 19.5. The number of benzene rings is 2. The number of amides is 1. The van der Waals surface area contributed by atoms with Gasteiger partial charge in [0.1, 0.15) is 4.21 Å². The molecule has 0 aliphatic carbocycles. The molecule has 1 saturated heterocycles. The molecule has 1 amide bonds. The van der Waals surface area contributed by atoms with E-state index in [4.69, 9.17) is 0 Å². The molecule has 0 spiro atoms. The SMILES string of the molecule is O=C(C1CCN(S(=O)(=O)c2cccs2)CC1)N(Cc1ccccc1)c1nc2c(C(F)(F)F)cccc2s1. The average Bonchev–Trinajstić information content (AvgIpc) is 3.57. The van der Waals surface area contributed by atoms with E-state index >= 15 is 0 Å². The number of carbonyl (C=O) groups excluding carboxylic acids is 1. The van der Waals surface area contributed by atoms with E-state index in [1.54, 1.807) is 23.6 Å². The summed E-state index contributed by atoms with van der Waals surface area (Å²) in [6.45, 7) is 0.524. The van der Waals surface area contributed by atoms with Crippen molar-refractivity contribution in [2.45, 2.75) is 29.8 Å². The van der Waals surface area contributed by atoms with Crippen molar-refractivity contribution < 1.29 is 26.4 Å². The van der Waals surface area contributed by atoms with Crippen LogP contribution in [0.2, 0.25) is 0 Å². The maximum absolute atomic E-state index is 13.8. The summed E-state index contributed by atoms with van der Waals surface area (Å²) in [5.74, 6) is -0.753. The van der Waals surface area contributed by atoms with Gasteiger partial charge in [-0.2, -0.15) is 17.5 Å². The van der Waals surface area contributed by atoms with Gasteiger partial charge in [-0.25, -0.2) is 13.4 Å². The predicted octanol–water partition coefficient (Wildman–Crippen LogP) is 6.01. The second-order valence-corrected chi connectivity index (χ2v) is 12.8. The van der Waals surface area contributed by atoms with Gasteiger partial charge in [0.05, 0.1) is 22.3 Å². The van der Waals surface area contributed by atoms with Gasteiger partial charge in [0.2, 0.25) is 5.91 Å². The summed E-state index contributed by atoms with van der Waals surface area (Å²) in [6, 6.07) is 16.3. The maximum atomic E-state index is 13.8. The number of nitrogens with zero attached hydrogens (tertiary/aromatic N) is 3. The van der Waals surface area contributed by atoms with E-state index in [-0.39, 0.29) is 40.4 Å². The second kappa shape index (κ2) is 10.2. The van der Waals surface area contributed by atoms with Crippen LogP contribution in [-0.4, -0.2) is 36.7 Å². The highest BCUT2D eigenvalue weighted by molar-refractivity contribution is 7.91. The first-order chi connectivity index (χ1) is 17.6. The van der Waals surface area contributed by atoms with Crippen LogP contribution in [0.15, 0.2) is 70.3 Å². The van der Waals surface area contributed by atoms with Crippen molar-refractivity contribution >= 4 is 54.0 Å². The third-order valence-electron chi connectivity index (χ3n) is 6.29. The van der Waals surface area contributed by atoms with Gasteiger partial charge < -0.3 is 0 Å². The molecule has 0 radical (unpaired) electrons. The van der Waals surface area contributed by atoms with Crippen molar-refractivity contribution in [2.75, 3.05) is 18.0 Å². The van der Waals surface area contributed by atoms with Gasteiger partial charge in [-0.05, 0) is 42.0 Å². The van der Waals surface area contributed by atoms with E-state index in [1.807, 2.05) is 30.3 Å². The van der Waals surface area contributed by atoms with Crippen molar-refractivity contribution in [3.8, 4) is 0 Å². The topological polar surface area (TPSA) is 70.6 Å². The van der Waals surface area contributed by atoms with Gasteiger partial charge in [0, 0.05) is 19.0 Å². The Morgan fingerprint density at radius 1 is 1.03 bits per heavy atom. The largest absolute Gasteiger partial charge is 0.418 e. The highest BCUT2D eigenvalue weighted by atomic mass is 32.2. The molecule has 2 aromatic heterocycles. The van der Waals surface area contributed by atoms with Crippen molar-refractivity contribution in [1.82, 2.24) is 9.29 Å². The summed E-state index contributed by atoms with van der Waals surface area (Å²) < 4.78 is 68.5. The quantitative estimate of drug-likeness (QED) is 0.287. The smallest absolute Gasteiger partial charge is 0.283 e. The number of aromatic nitrogens is 1. The zero-order chi connectivity index (χ0) is 26.2. The molecule has 6 nitrogen and oxygen atoms in total. The Hall–Kier alpha value is -2.80. The molecule has 194 valence electrons. The second-order valence-electron chi connectivity index (χ2n) is 8.67.